The molecule has 1 aliphatic heterocycles. The minimum atomic E-state index is -0.398. The first kappa shape index (κ1) is 22.4. The molecule has 0 spiro atoms. The largest absolute Gasteiger partial charge is 0.381 e. The minimum Gasteiger partial charge on any atom is -0.381 e. The van der Waals surface area contributed by atoms with E-state index < -0.39 is 5.82 Å². The number of nitrogens with zero attached hydrogens (tertiary/aromatic N) is 2. The molecule has 0 bridgehead atoms. The average molecular weight is 484 g/mol. The van der Waals surface area contributed by atoms with Crippen molar-refractivity contribution >= 4 is 41.5 Å². The predicted molar refractivity (Wildman–Crippen MR) is 112 cm³/mol. The Morgan fingerprint density at radius 2 is 2.12 bits per heavy atom. The molecule has 0 aliphatic carbocycles. The molecule has 0 saturated carbocycles. The predicted octanol–water partition coefficient (Wildman–Crippen LogP) is 4.31. The van der Waals surface area contributed by atoms with Gasteiger partial charge >= 0.3 is 0 Å². The van der Waals surface area contributed by atoms with E-state index in [4.69, 9.17) is 16.3 Å². The summed E-state index contributed by atoms with van der Waals surface area (Å²) in [5, 5.41) is 3.45. The molecule has 0 atom stereocenters. The highest BCUT2D eigenvalue weighted by atomic mass is 127. The first-order valence-electron chi connectivity index (χ1n) is 8.61. The molecule has 1 aliphatic rings. The van der Waals surface area contributed by atoms with Gasteiger partial charge in [0.15, 0.2) is 5.96 Å². The van der Waals surface area contributed by atoms with Crippen molar-refractivity contribution in [2.24, 2.45) is 10.9 Å². The molecule has 1 aromatic rings. The van der Waals surface area contributed by atoms with E-state index in [1.165, 1.54) is 6.07 Å². The third-order valence-corrected chi connectivity index (χ3v) is 4.60. The Hall–Kier alpha value is -0.600. The Labute approximate surface area is 172 Å². The fraction of sp³-hybridized carbons (Fsp3) is 0.611. The van der Waals surface area contributed by atoms with Gasteiger partial charge in [-0.2, -0.15) is 0 Å². The molecule has 0 amide bonds. The molecule has 1 saturated heterocycles. The molecule has 1 N–H and O–H groups in total. The fourth-order valence-electron chi connectivity index (χ4n) is 2.79. The van der Waals surface area contributed by atoms with Crippen molar-refractivity contribution < 1.29 is 9.13 Å². The summed E-state index contributed by atoms with van der Waals surface area (Å²) in [5.41, 5.74) is 0.898. The molecule has 4 nitrogen and oxygen atoms in total. The third kappa shape index (κ3) is 7.66. The van der Waals surface area contributed by atoms with Gasteiger partial charge in [-0.05, 0) is 49.8 Å². The molecule has 1 heterocycles. The van der Waals surface area contributed by atoms with Gasteiger partial charge in [0.05, 0.1) is 11.6 Å². The lowest BCUT2D eigenvalue weighted by Gasteiger charge is -2.26. The van der Waals surface area contributed by atoms with E-state index in [0.29, 0.717) is 6.54 Å². The maximum Gasteiger partial charge on any atom is 0.193 e. The van der Waals surface area contributed by atoms with Crippen LogP contribution in [0.1, 0.15) is 31.7 Å². The second-order valence-corrected chi connectivity index (χ2v) is 6.59. The van der Waals surface area contributed by atoms with Gasteiger partial charge in [-0.3, -0.25) is 0 Å². The van der Waals surface area contributed by atoms with Crippen LogP contribution in [-0.2, 0) is 11.3 Å². The standard InChI is InChI=1S/C18H27ClFN3O.HI/c1-3-21-18(22-13-15-4-5-17(20)16(19)12-15)23(2)9-6-14-7-10-24-11-8-14;/h4-5,12,14H,3,6-11,13H2,1-2H3,(H,21,22);1H. The van der Waals surface area contributed by atoms with Gasteiger partial charge in [-0.1, -0.05) is 17.7 Å². The zero-order chi connectivity index (χ0) is 17.4. The summed E-state index contributed by atoms with van der Waals surface area (Å²) >= 11 is 5.83. The van der Waals surface area contributed by atoms with E-state index in [2.05, 4.69) is 29.2 Å². The van der Waals surface area contributed by atoms with E-state index in [0.717, 1.165) is 63.0 Å². The highest BCUT2D eigenvalue weighted by molar-refractivity contribution is 14.0. The van der Waals surface area contributed by atoms with Gasteiger partial charge in [0.1, 0.15) is 5.82 Å². The number of hydrogen-bond acceptors (Lipinski definition) is 2. The molecule has 142 valence electrons. The molecule has 7 heteroatoms. The molecule has 0 unspecified atom stereocenters. The van der Waals surface area contributed by atoms with Crippen LogP contribution >= 0.6 is 35.6 Å². The van der Waals surface area contributed by atoms with Gasteiger partial charge in [0.25, 0.3) is 0 Å². The number of halogens is 3. The van der Waals surface area contributed by atoms with Crippen molar-refractivity contribution in [3.8, 4) is 0 Å². The fourth-order valence-corrected chi connectivity index (χ4v) is 2.99. The lowest BCUT2D eigenvalue weighted by Crippen LogP contribution is -2.40. The normalized spacial score (nSPS) is 15.6. The molecular weight excluding hydrogens is 456 g/mol. The van der Waals surface area contributed by atoms with Crippen molar-refractivity contribution in [1.29, 1.82) is 0 Å². The summed E-state index contributed by atoms with van der Waals surface area (Å²) in [7, 11) is 2.05. The molecule has 1 fully saturated rings. The van der Waals surface area contributed by atoms with Gasteiger partial charge in [-0.15, -0.1) is 24.0 Å². The number of ether oxygens (including phenoxy) is 1. The van der Waals surface area contributed by atoms with Crippen LogP contribution in [0.2, 0.25) is 5.02 Å². The van der Waals surface area contributed by atoms with Crippen LogP contribution in [0.25, 0.3) is 0 Å². The number of aliphatic imine (C=N–C) groups is 1. The average Bonchev–Trinajstić information content (AvgIpc) is 2.60. The van der Waals surface area contributed by atoms with E-state index in [-0.39, 0.29) is 29.0 Å². The zero-order valence-corrected chi connectivity index (χ0v) is 18.0. The number of guanidine groups is 1. The maximum absolute atomic E-state index is 13.2. The van der Waals surface area contributed by atoms with Gasteiger partial charge in [0.2, 0.25) is 0 Å². The topological polar surface area (TPSA) is 36.9 Å². The summed E-state index contributed by atoms with van der Waals surface area (Å²) in [6.45, 7) is 6.06. The summed E-state index contributed by atoms with van der Waals surface area (Å²) in [5.74, 6) is 1.20. The molecule has 25 heavy (non-hydrogen) atoms. The van der Waals surface area contributed by atoms with Crippen LogP contribution in [0, 0.1) is 11.7 Å². The van der Waals surface area contributed by atoms with Crippen LogP contribution in [0.15, 0.2) is 23.2 Å². The zero-order valence-electron chi connectivity index (χ0n) is 14.9. The third-order valence-electron chi connectivity index (χ3n) is 4.31. The van der Waals surface area contributed by atoms with E-state index in [9.17, 15) is 4.39 Å². The second kappa shape index (κ2) is 11.9. The summed E-state index contributed by atoms with van der Waals surface area (Å²) in [6, 6.07) is 4.73. The van der Waals surface area contributed by atoms with Crippen LogP contribution in [0.4, 0.5) is 4.39 Å². The lowest BCUT2D eigenvalue weighted by atomic mass is 9.96. The number of hydrogen-bond donors (Lipinski definition) is 1. The Kier molecular flexibility index (Phi) is 10.7. The summed E-state index contributed by atoms with van der Waals surface area (Å²) < 4.78 is 18.6. The maximum atomic E-state index is 13.2. The molecule has 2 rings (SSSR count). The van der Waals surface area contributed by atoms with Crippen LogP contribution in [0.3, 0.4) is 0 Å². The van der Waals surface area contributed by atoms with Crippen LogP contribution in [0.5, 0.6) is 0 Å². The molecule has 0 aromatic heterocycles. The highest BCUT2D eigenvalue weighted by Crippen LogP contribution is 2.19. The summed E-state index contributed by atoms with van der Waals surface area (Å²) in [4.78, 5) is 6.80. The first-order valence-corrected chi connectivity index (χ1v) is 8.99. The first-order chi connectivity index (χ1) is 11.6. The van der Waals surface area contributed by atoms with Crippen LogP contribution in [-0.4, -0.2) is 44.2 Å². The number of nitrogens with one attached hydrogen (secondary N) is 1. The Morgan fingerprint density at radius 3 is 2.76 bits per heavy atom. The monoisotopic (exact) mass is 483 g/mol. The van der Waals surface area contributed by atoms with Crippen molar-refractivity contribution in [3.63, 3.8) is 0 Å². The molecule has 1 aromatic carbocycles. The highest BCUT2D eigenvalue weighted by Gasteiger charge is 2.15. The summed E-state index contributed by atoms with van der Waals surface area (Å²) in [6.07, 6.45) is 3.44. The quantitative estimate of drug-likeness (QED) is 0.372. The van der Waals surface area contributed by atoms with Gasteiger partial charge < -0.3 is 15.0 Å². The molecule has 0 radical (unpaired) electrons. The van der Waals surface area contributed by atoms with Crippen molar-refractivity contribution in [3.05, 3.63) is 34.6 Å². The Morgan fingerprint density at radius 1 is 1.40 bits per heavy atom. The van der Waals surface area contributed by atoms with E-state index >= 15 is 0 Å². The molecular formula is C18H28ClFIN3O. The van der Waals surface area contributed by atoms with Crippen molar-refractivity contribution in [2.45, 2.75) is 32.7 Å². The minimum absolute atomic E-state index is 0. The lowest BCUT2D eigenvalue weighted by molar-refractivity contribution is 0.0625. The van der Waals surface area contributed by atoms with Crippen molar-refractivity contribution in [2.75, 3.05) is 33.4 Å². The number of rotatable bonds is 6. The van der Waals surface area contributed by atoms with Gasteiger partial charge in [-0.25, -0.2) is 9.38 Å². The van der Waals surface area contributed by atoms with Crippen molar-refractivity contribution in [1.82, 2.24) is 10.2 Å². The Bertz CT molecular complexity index is 553. The Balaban J connectivity index is 0.00000312. The van der Waals surface area contributed by atoms with E-state index in [1.807, 2.05) is 0 Å². The smallest absolute Gasteiger partial charge is 0.193 e. The SMILES string of the molecule is CCNC(=NCc1ccc(F)c(Cl)c1)N(C)CCC1CCOCC1.I. The second-order valence-electron chi connectivity index (χ2n) is 6.18. The van der Waals surface area contributed by atoms with Crippen LogP contribution < -0.4 is 5.32 Å². The van der Waals surface area contributed by atoms with Gasteiger partial charge in [0, 0.05) is 33.4 Å². The number of benzene rings is 1. The van der Waals surface area contributed by atoms with E-state index in [1.54, 1.807) is 12.1 Å².